The lowest BCUT2D eigenvalue weighted by Crippen LogP contribution is -2.41. The van der Waals surface area contributed by atoms with Crippen LogP contribution in [-0.4, -0.2) is 42.0 Å². The average molecular weight is 345 g/mol. The molecule has 0 saturated carbocycles. The van der Waals surface area contributed by atoms with Crippen molar-refractivity contribution in [3.05, 3.63) is 47.5 Å². The van der Waals surface area contributed by atoms with Crippen LogP contribution in [0.15, 0.2) is 41.9 Å². The number of rotatable bonds is 7. The number of carbonyl (C=O) groups excluding carboxylic acids is 1. The third-order valence-corrected chi connectivity index (χ3v) is 4.80. The monoisotopic (exact) mass is 345 g/mol. The lowest BCUT2D eigenvalue weighted by atomic mass is 9.99. The number of anilines is 1. The molecule has 1 aromatic carbocycles. The van der Waals surface area contributed by atoms with Gasteiger partial charge in [-0.15, -0.1) is 11.3 Å². The van der Waals surface area contributed by atoms with Crippen LogP contribution in [-0.2, 0) is 16.1 Å². The number of nitrogens with zero attached hydrogens (tertiary/aromatic N) is 2. The van der Waals surface area contributed by atoms with E-state index in [-0.39, 0.29) is 5.91 Å². The maximum absolute atomic E-state index is 12.1. The molecule has 0 unspecified atom stereocenters. The maximum atomic E-state index is 12.1. The molecular weight excluding hydrogens is 322 g/mol. The molecule has 1 amide bonds. The lowest BCUT2D eigenvalue weighted by molar-refractivity contribution is -0.117. The zero-order chi connectivity index (χ0) is 16.6. The smallest absolute Gasteiger partial charge is 0.240 e. The second-order valence-corrected chi connectivity index (χ2v) is 7.02. The first-order valence-electron chi connectivity index (χ1n) is 8.33. The minimum Gasteiger partial charge on any atom is -0.376 e. The number of amides is 1. The van der Waals surface area contributed by atoms with Crippen LogP contribution in [0.3, 0.4) is 0 Å². The molecule has 2 heterocycles. The number of piperidine rings is 1. The molecular formula is C18H23N3O2S. The van der Waals surface area contributed by atoms with Gasteiger partial charge in [-0.1, -0.05) is 30.3 Å². The van der Waals surface area contributed by atoms with Crippen molar-refractivity contribution in [1.29, 1.82) is 0 Å². The summed E-state index contributed by atoms with van der Waals surface area (Å²) in [4.78, 5) is 18.4. The first-order valence-corrected chi connectivity index (χ1v) is 9.21. The molecule has 1 saturated heterocycles. The molecule has 0 spiro atoms. The van der Waals surface area contributed by atoms with Crippen LogP contribution in [0.5, 0.6) is 0 Å². The topological polar surface area (TPSA) is 54.5 Å². The summed E-state index contributed by atoms with van der Waals surface area (Å²) in [7, 11) is 0. The van der Waals surface area contributed by atoms with Gasteiger partial charge in [0.25, 0.3) is 0 Å². The summed E-state index contributed by atoms with van der Waals surface area (Å²) in [5.41, 5.74) is 1.20. The third kappa shape index (κ3) is 5.40. The molecule has 0 bridgehead atoms. The molecule has 1 N–H and O–H groups in total. The van der Waals surface area contributed by atoms with Crippen molar-refractivity contribution >= 4 is 22.4 Å². The van der Waals surface area contributed by atoms with Crippen molar-refractivity contribution in [3.63, 3.8) is 0 Å². The summed E-state index contributed by atoms with van der Waals surface area (Å²) in [5, 5.41) is 5.37. The summed E-state index contributed by atoms with van der Waals surface area (Å²) in [6.45, 7) is 3.72. The molecule has 3 rings (SSSR count). The van der Waals surface area contributed by atoms with Gasteiger partial charge in [-0.05, 0) is 30.9 Å². The fourth-order valence-corrected chi connectivity index (χ4v) is 3.54. The highest BCUT2D eigenvalue weighted by Gasteiger charge is 2.22. The molecule has 5 nitrogen and oxygen atoms in total. The number of nitrogens with one attached hydrogen (secondary N) is 1. The molecule has 1 fully saturated rings. The van der Waals surface area contributed by atoms with Crippen molar-refractivity contribution in [2.24, 2.45) is 5.92 Å². The van der Waals surface area contributed by atoms with Gasteiger partial charge in [0.05, 0.1) is 19.8 Å². The Balaban J connectivity index is 1.38. The predicted octanol–water partition coefficient (Wildman–Crippen LogP) is 3.01. The van der Waals surface area contributed by atoms with E-state index >= 15 is 0 Å². The maximum Gasteiger partial charge on any atom is 0.240 e. The number of hydrogen-bond acceptors (Lipinski definition) is 5. The van der Waals surface area contributed by atoms with Crippen LogP contribution in [0.4, 0.5) is 5.13 Å². The molecule has 0 aliphatic carbocycles. The fraction of sp³-hybridized carbons (Fsp3) is 0.444. The summed E-state index contributed by atoms with van der Waals surface area (Å²) in [5.74, 6) is 0.505. The Labute approximate surface area is 146 Å². The van der Waals surface area contributed by atoms with E-state index in [4.69, 9.17) is 4.74 Å². The van der Waals surface area contributed by atoms with E-state index in [1.54, 1.807) is 6.20 Å². The van der Waals surface area contributed by atoms with Gasteiger partial charge >= 0.3 is 0 Å². The molecule has 1 aromatic heterocycles. The number of ether oxygens (including phenoxy) is 1. The quantitative estimate of drug-likeness (QED) is 0.838. The molecule has 1 aliphatic heterocycles. The zero-order valence-corrected chi connectivity index (χ0v) is 14.5. The third-order valence-electron chi connectivity index (χ3n) is 4.11. The van der Waals surface area contributed by atoms with Crippen LogP contribution in [0.25, 0.3) is 0 Å². The summed E-state index contributed by atoms with van der Waals surface area (Å²) in [6.07, 6.45) is 3.98. The van der Waals surface area contributed by atoms with E-state index in [0.717, 1.165) is 26.1 Å². The summed E-state index contributed by atoms with van der Waals surface area (Å²) >= 11 is 1.44. The van der Waals surface area contributed by atoms with Crippen molar-refractivity contribution in [2.45, 2.75) is 19.4 Å². The molecule has 128 valence electrons. The SMILES string of the molecule is O=C(CN1CCC[C@H](COCc2ccccc2)C1)Nc1nccs1. The molecule has 24 heavy (non-hydrogen) atoms. The largest absolute Gasteiger partial charge is 0.376 e. The fourth-order valence-electron chi connectivity index (χ4n) is 3.00. The predicted molar refractivity (Wildman–Crippen MR) is 96.0 cm³/mol. The standard InChI is InChI=1S/C18H23N3O2S/c22-17(20-18-19-8-10-24-18)12-21-9-4-7-16(11-21)14-23-13-15-5-2-1-3-6-15/h1-3,5-6,8,10,16H,4,7,9,11-14H2,(H,19,20,22)/t16-/m0/s1. The van der Waals surface area contributed by atoms with Gasteiger partial charge in [0.1, 0.15) is 0 Å². The van der Waals surface area contributed by atoms with Crippen molar-refractivity contribution in [2.75, 3.05) is 31.6 Å². The van der Waals surface area contributed by atoms with Crippen LogP contribution < -0.4 is 5.32 Å². The summed E-state index contributed by atoms with van der Waals surface area (Å²) < 4.78 is 5.86. The Morgan fingerprint density at radius 3 is 3.04 bits per heavy atom. The molecule has 2 aromatic rings. The van der Waals surface area contributed by atoms with E-state index in [2.05, 4.69) is 27.3 Å². The highest BCUT2D eigenvalue weighted by atomic mass is 32.1. The van der Waals surface area contributed by atoms with Gasteiger partial charge in [0, 0.05) is 18.1 Å². The van der Waals surface area contributed by atoms with E-state index < -0.39 is 0 Å². The van der Waals surface area contributed by atoms with Gasteiger partial charge in [-0.25, -0.2) is 4.98 Å². The van der Waals surface area contributed by atoms with E-state index in [1.807, 2.05) is 23.6 Å². The molecule has 1 aliphatic rings. The second-order valence-electron chi connectivity index (χ2n) is 6.13. The second kappa shape index (κ2) is 8.92. The minimum atomic E-state index is 0.0100. The Morgan fingerprint density at radius 1 is 1.38 bits per heavy atom. The van der Waals surface area contributed by atoms with Gasteiger partial charge in [-0.2, -0.15) is 0 Å². The van der Waals surface area contributed by atoms with Crippen LogP contribution in [0.1, 0.15) is 18.4 Å². The number of carbonyl (C=O) groups is 1. The van der Waals surface area contributed by atoms with E-state index in [9.17, 15) is 4.79 Å². The molecule has 1 atom stereocenters. The average Bonchev–Trinajstić information content (AvgIpc) is 3.09. The van der Waals surface area contributed by atoms with Gasteiger partial charge in [0.2, 0.25) is 5.91 Å². The number of thiazole rings is 1. The number of benzene rings is 1. The van der Waals surface area contributed by atoms with Crippen molar-refractivity contribution in [1.82, 2.24) is 9.88 Å². The minimum absolute atomic E-state index is 0.0100. The lowest BCUT2D eigenvalue weighted by Gasteiger charge is -2.31. The van der Waals surface area contributed by atoms with Gasteiger partial charge in [-0.3, -0.25) is 9.69 Å². The van der Waals surface area contributed by atoms with Crippen LogP contribution >= 0.6 is 11.3 Å². The summed E-state index contributed by atoms with van der Waals surface area (Å²) in [6, 6.07) is 10.2. The van der Waals surface area contributed by atoms with Crippen LogP contribution in [0.2, 0.25) is 0 Å². The normalized spacial score (nSPS) is 18.4. The Morgan fingerprint density at radius 2 is 2.25 bits per heavy atom. The Kier molecular flexibility index (Phi) is 6.34. The number of likely N-dealkylation sites (tertiary alicyclic amines) is 1. The zero-order valence-electron chi connectivity index (χ0n) is 13.7. The first-order chi connectivity index (χ1) is 11.8. The van der Waals surface area contributed by atoms with Gasteiger partial charge < -0.3 is 10.1 Å². The van der Waals surface area contributed by atoms with Crippen LogP contribution in [0, 0.1) is 5.92 Å². The van der Waals surface area contributed by atoms with Crippen molar-refractivity contribution < 1.29 is 9.53 Å². The van der Waals surface area contributed by atoms with E-state index in [1.165, 1.54) is 23.3 Å². The number of aromatic nitrogens is 1. The van der Waals surface area contributed by atoms with E-state index in [0.29, 0.717) is 24.2 Å². The number of hydrogen-bond donors (Lipinski definition) is 1. The Hall–Kier alpha value is -1.76. The first kappa shape index (κ1) is 17.1. The molecule has 6 heteroatoms. The van der Waals surface area contributed by atoms with Gasteiger partial charge in [0.15, 0.2) is 5.13 Å². The highest BCUT2D eigenvalue weighted by molar-refractivity contribution is 7.13. The Bertz CT molecular complexity index is 618. The van der Waals surface area contributed by atoms with Crippen molar-refractivity contribution in [3.8, 4) is 0 Å². The highest BCUT2D eigenvalue weighted by Crippen LogP contribution is 2.18. The molecule has 0 radical (unpaired) electrons.